The zero-order valence-corrected chi connectivity index (χ0v) is 13.5. The molecule has 3 nitrogen and oxygen atoms in total. The van der Waals surface area contributed by atoms with Crippen LogP contribution in [0.5, 0.6) is 0 Å². The number of aromatic nitrogens is 2. The number of hydrogen-bond donors (Lipinski definition) is 1. The Labute approximate surface area is 126 Å². The Morgan fingerprint density at radius 3 is 2.29 bits per heavy atom. The summed E-state index contributed by atoms with van der Waals surface area (Å²) in [4.78, 5) is 7.58. The van der Waals surface area contributed by atoms with Gasteiger partial charge in [0.15, 0.2) is 0 Å². The molecule has 1 aromatic rings. The van der Waals surface area contributed by atoms with E-state index in [4.69, 9.17) is 5.73 Å². The average Bonchev–Trinajstić information content (AvgIpc) is 2.14. The molecule has 0 aliphatic heterocycles. The van der Waals surface area contributed by atoms with Crippen molar-refractivity contribution in [2.75, 3.05) is 5.73 Å². The first-order valence-electron chi connectivity index (χ1n) is 4.15. The van der Waals surface area contributed by atoms with Gasteiger partial charge in [-0.15, -0.1) is 34.0 Å². The summed E-state index contributed by atoms with van der Waals surface area (Å²) >= 11 is 3.16. The average molecular weight is 446 g/mol. The number of alkyl halides is 4. The molecule has 17 heavy (non-hydrogen) atoms. The van der Waals surface area contributed by atoms with E-state index >= 15 is 0 Å². The van der Waals surface area contributed by atoms with Crippen molar-refractivity contribution in [2.24, 2.45) is 0 Å². The van der Waals surface area contributed by atoms with Gasteiger partial charge in [-0.1, -0.05) is 15.9 Å². The normalized spacial score (nSPS) is 10.4. The molecule has 0 fully saturated rings. The van der Waals surface area contributed by atoms with Gasteiger partial charge >= 0.3 is 6.18 Å². The van der Waals surface area contributed by atoms with Gasteiger partial charge in [-0.05, 0) is 0 Å². The smallest absolute Gasteiger partial charge is 0.383 e. The molecular weight excluding hydrogens is 435 g/mol. The Bertz CT molecular complexity index is 347. The lowest BCUT2D eigenvalue weighted by Crippen LogP contribution is -2.11. The summed E-state index contributed by atoms with van der Waals surface area (Å²) in [7, 11) is 0. The Hall–Kier alpha value is 0.110. The highest BCUT2D eigenvalue weighted by Crippen LogP contribution is 2.21. The van der Waals surface area contributed by atoms with Gasteiger partial charge in [0, 0.05) is 23.5 Å². The second kappa shape index (κ2) is 8.25. The number of aryl methyl sites for hydroxylation is 1. The highest BCUT2D eigenvalue weighted by Gasteiger charge is 2.27. The molecule has 0 aromatic carbocycles. The van der Waals surface area contributed by atoms with Crippen molar-refractivity contribution < 1.29 is 13.2 Å². The van der Waals surface area contributed by atoms with E-state index in [0.717, 1.165) is 0 Å². The van der Waals surface area contributed by atoms with E-state index in [1.807, 2.05) is 0 Å². The third kappa shape index (κ3) is 7.20. The largest absolute Gasteiger partial charge is 0.389 e. The number of rotatable bonds is 3. The molecule has 0 bridgehead atoms. The van der Waals surface area contributed by atoms with Gasteiger partial charge in [-0.2, -0.15) is 13.2 Å². The molecule has 0 saturated carbocycles. The lowest BCUT2D eigenvalue weighted by molar-refractivity contribution is -0.134. The van der Waals surface area contributed by atoms with Crippen molar-refractivity contribution in [3.05, 3.63) is 17.6 Å². The van der Waals surface area contributed by atoms with Crippen molar-refractivity contribution in [1.82, 2.24) is 9.97 Å². The second-order valence-corrected chi connectivity index (χ2v) is 3.51. The Morgan fingerprint density at radius 1 is 1.29 bits per heavy atom. The van der Waals surface area contributed by atoms with Gasteiger partial charge in [-0.25, -0.2) is 9.97 Å². The summed E-state index contributed by atoms with van der Waals surface area (Å²) in [5.41, 5.74) is 6.18. The molecule has 0 amide bonds. The van der Waals surface area contributed by atoms with Crippen molar-refractivity contribution in [3.8, 4) is 0 Å². The molecule has 0 radical (unpaired) electrons. The first-order chi connectivity index (χ1) is 6.92. The van der Waals surface area contributed by atoms with E-state index in [9.17, 15) is 13.2 Å². The second-order valence-electron chi connectivity index (χ2n) is 2.95. The van der Waals surface area contributed by atoms with E-state index < -0.39 is 12.6 Å². The summed E-state index contributed by atoms with van der Waals surface area (Å²) in [5.74, 6) is 0.341. The van der Waals surface area contributed by atoms with Crippen LogP contribution in [0.2, 0.25) is 0 Å². The van der Waals surface area contributed by atoms with Crippen molar-refractivity contribution in [2.45, 2.75) is 24.3 Å². The fraction of sp³-hybridized carbons (Fsp3) is 0.500. The fourth-order valence-corrected chi connectivity index (χ4v) is 1.37. The maximum Gasteiger partial charge on any atom is 0.389 e. The molecule has 0 unspecified atom stereocenters. The Kier molecular flexibility index (Phi) is 9.44. The third-order valence-electron chi connectivity index (χ3n) is 1.72. The summed E-state index contributed by atoms with van der Waals surface area (Å²) in [6, 6.07) is 0. The molecule has 0 atom stereocenters. The van der Waals surface area contributed by atoms with Gasteiger partial charge in [0.2, 0.25) is 0 Å². The molecule has 1 heterocycles. The van der Waals surface area contributed by atoms with Crippen LogP contribution in [0.1, 0.15) is 17.8 Å². The quantitative estimate of drug-likeness (QED) is 0.723. The maximum absolute atomic E-state index is 11.9. The lowest BCUT2D eigenvalue weighted by Gasteiger charge is -2.06. The van der Waals surface area contributed by atoms with Crippen molar-refractivity contribution in [3.63, 3.8) is 0 Å². The van der Waals surface area contributed by atoms with Crippen molar-refractivity contribution in [1.29, 1.82) is 0 Å². The molecule has 9 heteroatoms. The topological polar surface area (TPSA) is 51.8 Å². The van der Waals surface area contributed by atoms with Crippen LogP contribution in [0.3, 0.4) is 0 Å². The van der Waals surface area contributed by atoms with Crippen molar-refractivity contribution >= 4 is 55.7 Å². The lowest BCUT2D eigenvalue weighted by atomic mass is 10.2. The van der Waals surface area contributed by atoms with E-state index in [-0.39, 0.29) is 52.0 Å². The summed E-state index contributed by atoms with van der Waals surface area (Å²) in [5, 5.41) is 0.485. The third-order valence-corrected chi connectivity index (χ3v) is 2.33. The van der Waals surface area contributed by atoms with Gasteiger partial charge in [-0.3, -0.25) is 0 Å². The maximum atomic E-state index is 11.9. The Morgan fingerprint density at radius 2 is 1.88 bits per heavy atom. The first kappa shape index (κ1) is 19.4. The van der Waals surface area contributed by atoms with Crippen LogP contribution in [-0.2, 0) is 11.8 Å². The standard InChI is InChI=1S/C8H9BrF3N3.2BrH/c9-3-5-4-14-6(15-7(5)13)1-2-8(10,11)12;;/h4H,1-3H2,(H2,13,14,15);2*1H. The van der Waals surface area contributed by atoms with Crippen LogP contribution < -0.4 is 5.73 Å². The fourth-order valence-electron chi connectivity index (χ4n) is 0.935. The number of nitrogens with zero attached hydrogens (tertiary/aromatic N) is 2. The van der Waals surface area contributed by atoms with Crippen LogP contribution in [0.25, 0.3) is 0 Å². The van der Waals surface area contributed by atoms with Crippen LogP contribution in [-0.4, -0.2) is 16.1 Å². The van der Waals surface area contributed by atoms with Crippen LogP contribution in [0, 0.1) is 0 Å². The minimum absolute atomic E-state index is 0. The molecule has 0 saturated heterocycles. The minimum Gasteiger partial charge on any atom is -0.383 e. The molecule has 1 rings (SSSR count). The number of anilines is 1. The van der Waals surface area contributed by atoms with Gasteiger partial charge in [0.25, 0.3) is 0 Å². The zero-order valence-electron chi connectivity index (χ0n) is 8.50. The van der Waals surface area contributed by atoms with Gasteiger partial charge in [0.1, 0.15) is 11.6 Å². The number of nitrogen functional groups attached to an aromatic ring is 1. The predicted molar refractivity (Wildman–Crippen MR) is 74.1 cm³/mol. The van der Waals surface area contributed by atoms with Gasteiger partial charge in [0.05, 0.1) is 6.42 Å². The monoisotopic (exact) mass is 443 g/mol. The summed E-state index contributed by atoms with van der Waals surface area (Å²) in [6.07, 6.45) is -3.93. The first-order valence-corrected chi connectivity index (χ1v) is 5.27. The Balaban J connectivity index is 0. The number of nitrogens with two attached hydrogens (primary N) is 1. The molecule has 0 spiro atoms. The number of hydrogen-bond acceptors (Lipinski definition) is 3. The van der Waals surface area contributed by atoms with E-state index in [1.54, 1.807) is 0 Å². The molecular formula is C8H11Br3F3N3. The summed E-state index contributed by atoms with van der Waals surface area (Å²) in [6.45, 7) is 0. The van der Waals surface area contributed by atoms with E-state index in [1.165, 1.54) is 6.20 Å². The summed E-state index contributed by atoms with van der Waals surface area (Å²) < 4.78 is 35.7. The minimum atomic E-state index is -4.19. The SMILES string of the molecule is Br.Br.Nc1nc(CCC(F)(F)F)ncc1CBr. The van der Waals surface area contributed by atoms with Gasteiger partial charge < -0.3 is 5.73 Å². The molecule has 0 aliphatic rings. The highest BCUT2D eigenvalue weighted by atomic mass is 79.9. The van der Waals surface area contributed by atoms with Crippen LogP contribution in [0.4, 0.5) is 19.0 Å². The molecule has 100 valence electrons. The van der Waals surface area contributed by atoms with E-state index in [0.29, 0.717) is 10.9 Å². The molecule has 0 aliphatic carbocycles. The number of halogens is 6. The molecule has 2 N–H and O–H groups in total. The zero-order chi connectivity index (χ0) is 11.5. The van der Waals surface area contributed by atoms with E-state index in [2.05, 4.69) is 25.9 Å². The highest BCUT2D eigenvalue weighted by molar-refractivity contribution is 9.08. The predicted octanol–water partition coefficient (Wildman–Crippen LogP) is 3.60. The van der Waals surface area contributed by atoms with Crippen LogP contribution in [0.15, 0.2) is 6.20 Å². The molecule has 1 aromatic heterocycles. The van der Waals surface area contributed by atoms with Crippen LogP contribution >= 0.6 is 49.9 Å².